The van der Waals surface area contributed by atoms with Gasteiger partial charge in [-0.2, -0.15) is 0 Å². The number of hydrogen-bond donors (Lipinski definition) is 0. The van der Waals surface area contributed by atoms with E-state index >= 15 is 0 Å². The van der Waals surface area contributed by atoms with E-state index in [1.54, 1.807) is 23.2 Å². The smallest absolute Gasteiger partial charge is 0.228 e. The van der Waals surface area contributed by atoms with Gasteiger partial charge < -0.3 is 14.7 Å². The molecule has 0 aliphatic carbocycles. The summed E-state index contributed by atoms with van der Waals surface area (Å²) in [4.78, 5) is 35.2. The van der Waals surface area contributed by atoms with E-state index in [9.17, 15) is 14.0 Å². The Morgan fingerprint density at radius 2 is 1.82 bits per heavy atom. The summed E-state index contributed by atoms with van der Waals surface area (Å²) < 4.78 is 13.1. The number of likely N-dealkylation sites (tertiary alicyclic amines) is 1. The molecule has 6 nitrogen and oxygen atoms in total. The van der Waals surface area contributed by atoms with Crippen molar-refractivity contribution >= 4 is 17.5 Å². The molecule has 146 valence electrons. The highest BCUT2D eigenvalue weighted by Gasteiger charge is 2.37. The Labute approximate surface area is 163 Å². The van der Waals surface area contributed by atoms with Gasteiger partial charge in [0.25, 0.3) is 0 Å². The van der Waals surface area contributed by atoms with E-state index in [0.29, 0.717) is 39.3 Å². The van der Waals surface area contributed by atoms with Gasteiger partial charge in [0.05, 0.1) is 18.2 Å². The zero-order chi connectivity index (χ0) is 19.5. The largest absolute Gasteiger partial charge is 0.368 e. The molecule has 1 aromatic carbocycles. The number of benzene rings is 1. The van der Waals surface area contributed by atoms with Crippen molar-refractivity contribution in [1.29, 1.82) is 0 Å². The molecule has 0 spiro atoms. The third-order valence-electron chi connectivity index (χ3n) is 5.43. The van der Waals surface area contributed by atoms with E-state index in [2.05, 4.69) is 9.88 Å². The van der Waals surface area contributed by atoms with Gasteiger partial charge >= 0.3 is 0 Å². The zero-order valence-corrected chi connectivity index (χ0v) is 15.6. The monoisotopic (exact) mass is 382 g/mol. The number of halogens is 1. The quantitative estimate of drug-likeness (QED) is 0.811. The fraction of sp³-hybridized carbons (Fsp3) is 0.381. The molecule has 2 fully saturated rings. The molecule has 7 heteroatoms. The van der Waals surface area contributed by atoms with E-state index in [1.165, 1.54) is 12.1 Å². The van der Waals surface area contributed by atoms with Crippen molar-refractivity contribution < 1.29 is 14.0 Å². The van der Waals surface area contributed by atoms with E-state index in [4.69, 9.17) is 0 Å². The van der Waals surface area contributed by atoms with Gasteiger partial charge in [-0.1, -0.05) is 6.07 Å². The molecule has 1 atom stereocenters. The molecule has 0 N–H and O–H groups in total. The van der Waals surface area contributed by atoms with Gasteiger partial charge in [0.2, 0.25) is 11.8 Å². The molecular weight excluding hydrogens is 359 g/mol. The lowest BCUT2D eigenvalue weighted by Crippen LogP contribution is -2.50. The van der Waals surface area contributed by atoms with Crippen molar-refractivity contribution in [2.24, 2.45) is 5.92 Å². The van der Waals surface area contributed by atoms with Gasteiger partial charge in [-0.25, -0.2) is 4.39 Å². The molecule has 28 heavy (non-hydrogen) atoms. The highest BCUT2D eigenvalue weighted by Crippen LogP contribution is 2.23. The van der Waals surface area contributed by atoms with Crippen molar-refractivity contribution in [2.75, 3.05) is 37.6 Å². The number of carbonyl (C=O) groups excluding carboxylic acids is 2. The number of amides is 2. The fourth-order valence-corrected chi connectivity index (χ4v) is 3.87. The van der Waals surface area contributed by atoms with Gasteiger partial charge in [-0.15, -0.1) is 0 Å². The molecule has 0 saturated carbocycles. The second-order valence-corrected chi connectivity index (χ2v) is 7.29. The summed E-state index contributed by atoms with van der Waals surface area (Å²) in [6, 6.07) is 12.0. The molecule has 2 aromatic rings. The standard InChI is InChI=1S/C21H23FN4O2/c22-17-4-6-19(7-5-17)24-9-11-25(12-10-24)21(28)16-13-20(27)26(14-16)15-18-3-1-2-8-23-18/h1-8,16H,9-15H2. The molecule has 0 radical (unpaired) electrons. The molecule has 1 unspecified atom stereocenters. The van der Waals surface area contributed by atoms with E-state index in [0.717, 1.165) is 11.4 Å². The van der Waals surface area contributed by atoms with Gasteiger partial charge in [-0.3, -0.25) is 14.6 Å². The van der Waals surface area contributed by atoms with Crippen LogP contribution in [0.25, 0.3) is 0 Å². The topological polar surface area (TPSA) is 56.8 Å². The van der Waals surface area contributed by atoms with E-state index in [-0.39, 0.29) is 30.0 Å². The second kappa shape index (κ2) is 7.96. The number of pyridine rings is 1. The van der Waals surface area contributed by atoms with Crippen LogP contribution in [0.3, 0.4) is 0 Å². The van der Waals surface area contributed by atoms with E-state index < -0.39 is 0 Å². The van der Waals surface area contributed by atoms with Crippen molar-refractivity contribution in [3.05, 3.63) is 60.2 Å². The number of anilines is 1. The summed E-state index contributed by atoms with van der Waals surface area (Å²) in [6.45, 7) is 3.53. The molecule has 3 heterocycles. The third kappa shape index (κ3) is 3.98. The molecule has 2 aliphatic rings. The summed E-state index contributed by atoms with van der Waals surface area (Å²) in [7, 11) is 0. The maximum absolute atomic E-state index is 13.1. The SMILES string of the molecule is O=C1CC(C(=O)N2CCN(c3ccc(F)cc3)CC2)CN1Cc1ccccn1. The van der Waals surface area contributed by atoms with Crippen LogP contribution in [0.2, 0.25) is 0 Å². The normalized spacial score (nSPS) is 20.0. The third-order valence-corrected chi connectivity index (χ3v) is 5.43. The van der Waals surface area contributed by atoms with Crippen molar-refractivity contribution in [3.8, 4) is 0 Å². The Kier molecular flexibility index (Phi) is 5.23. The minimum absolute atomic E-state index is 0.00829. The number of piperazine rings is 1. The summed E-state index contributed by atoms with van der Waals surface area (Å²) >= 11 is 0. The average Bonchev–Trinajstić information content (AvgIpc) is 3.09. The van der Waals surface area contributed by atoms with Crippen molar-refractivity contribution in [3.63, 3.8) is 0 Å². The van der Waals surface area contributed by atoms with Gasteiger partial charge in [0, 0.05) is 51.0 Å². The predicted octanol–water partition coefficient (Wildman–Crippen LogP) is 1.92. The molecule has 0 bridgehead atoms. The second-order valence-electron chi connectivity index (χ2n) is 7.29. The van der Waals surface area contributed by atoms with Crippen LogP contribution in [0.5, 0.6) is 0 Å². The van der Waals surface area contributed by atoms with Crippen LogP contribution >= 0.6 is 0 Å². The number of nitrogens with zero attached hydrogens (tertiary/aromatic N) is 4. The summed E-state index contributed by atoms with van der Waals surface area (Å²) in [5.41, 5.74) is 1.79. The lowest BCUT2D eigenvalue weighted by atomic mass is 10.1. The highest BCUT2D eigenvalue weighted by atomic mass is 19.1. The first-order valence-corrected chi connectivity index (χ1v) is 9.57. The van der Waals surface area contributed by atoms with Crippen LogP contribution in [0.4, 0.5) is 10.1 Å². The Hall–Kier alpha value is -2.96. The first kappa shape index (κ1) is 18.4. The molecule has 4 rings (SSSR count). The van der Waals surface area contributed by atoms with Crippen molar-refractivity contribution in [2.45, 2.75) is 13.0 Å². The molecule has 2 amide bonds. The van der Waals surface area contributed by atoms with Gasteiger partial charge in [0.1, 0.15) is 5.82 Å². The average molecular weight is 382 g/mol. The van der Waals surface area contributed by atoms with E-state index in [1.807, 2.05) is 23.1 Å². The van der Waals surface area contributed by atoms with Gasteiger partial charge in [0.15, 0.2) is 0 Å². The molecule has 2 aliphatic heterocycles. The molecule has 1 aromatic heterocycles. The van der Waals surface area contributed by atoms with Crippen LogP contribution in [-0.4, -0.2) is 59.3 Å². The number of carbonyl (C=O) groups is 2. The maximum atomic E-state index is 13.1. The minimum atomic E-state index is -0.284. The number of hydrogen-bond acceptors (Lipinski definition) is 4. The van der Waals surface area contributed by atoms with Gasteiger partial charge in [-0.05, 0) is 36.4 Å². The highest BCUT2D eigenvalue weighted by molar-refractivity contribution is 5.89. The van der Waals surface area contributed by atoms with Crippen LogP contribution < -0.4 is 4.90 Å². The lowest BCUT2D eigenvalue weighted by molar-refractivity contribution is -0.136. The first-order valence-electron chi connectivity index (χ1n) is 9.57. The lowest BCUT2D eigenvalue weighted by Gasteiger charge is -2.37. The summed E-state index contributed by atoms with van der Waals surface area (Å²) in [6.07, 6.45) is 1.98. The van der Waals surface area contributed by atoms with Crippen LogP contribution in [0, 0.1) is 11.7 Å². The van der Waals surface area contributed by atoms with Crippen molar-refractivity contribution in [1.82, 2.24) is 14.8 Å². The number of aromatic nitrogens is 1. The van der Waals surface area contributed by atoms with Crippen LogP contribution in [-0.2, 0) is 16.1 Å². The maximum Gasteiger partial charge on any atom is 0.228 e. The van der Waals surface area contributed by atoms with Crippen LogP contribution in [0.15, 0.2) is 48.7 Å². The summed E-state index contributed by atoms with van der Waals surface area (Å²) in [5, 5.41) is 0. The molecule has 2 saturated heterocycles. The predicted molar refractivity (Wildman–Crippen MR) is 103 cm³/mol. The summed E-state index contributed by atoms with van der Waals surface area (Å²) in [5.74, 6) is -0.475. The Balaban J connectivity index is 1.31. The Bertz CT molecular complexity index is 835. The first-order chi connectivity index (χ1) is 13.6. The zero-order valence-electron chi connectivity index (χ0n) is 15.6. The molecular formula is C21H23FN4O2. The number of rotatable bonds is 4. The Morgan fingerprint density at radius 3 is 2.50 bits per heavy atom. The van der Waals surface area contributed by atoms with Crippen LogP contribution in [0.1, 0.15) is 12.1 Å². The minimum Gasteiger partial charge on any atom is -0.368 e. The Morgan fingerprint density at radius 1 is 1.07 bits per heavy atom. The fourth-order valence-electron chi connectivity index (χ4n) is 3.87.